The Balaban J connectivity index is 1.41. The first-order valence-corrected chi connectivity index (χ1v) is 16.8. The van der Waals surface area contributed by atoms with Gasteiger partial charge >= 0.3 is 0 Å². The van der Waals surface area contributed by atoms with Crippen molar-refractivity contribution >= 4 is 24.6 Å². The van der Waals surface area contributed by atoms with Crippen LogP contribution < -0.4 is 10.4 Å². The lowest BCUT2D eigenvalue weighted by molar-refractivity contribution is -0.271. The van der Waals surface area contributed by atoms with Crippen LogP contribution in [0.25, 0.3) is 0 Å². The number of hydrogen-bond acceptors (Lipinski definition) is 5. The zero-order valence-corrected chi connectivity index (χ0v) is 25.8. The van der Waals surface area contributed by atoms with Crippen LogP contribution in [-0.2, 0) is 18.7 Å². The third kappa shape index (κ3) is 7.12. The largest absolute Gasteiger partial charge is 0.402 e. The summed E-state index contributed by atoms with van der Waals surface area (Å²) in [6, 6.07) is 21.1. The normalized spacial score (nSPS) is 24.9. The number of allylic oxidation sites excluding steroid dienone is 1. The molecule has 2 aliphatic rings. The van der Waals surface area contributed by atoms with Crippen LogP contribution in [0.4, 0.5) is 0 Å². The van der Waals surface area contributed by atoms with Gasteiger partial charge in [0, 0.05) is 19.5 Å². The zero-order valence-electron chi connectivity index (χ0n) is 24.8. The molecular formula is C33H47NO5Si. The Morgan fingerprint density at radius 3 is 2.20 bits per heavy atom. The molecule has 0 unspecified atom stereocenters. The van der Waals surface area contributed by atoms with Crippen molar-refractivity contribution in [2.24, 2.45) is 0 Å². The van der Waals surface area contributed by atoms with Gasteiger partial charge in [-0.2, -0.15) is 0 Å². The molecule has 6 nitrogen and oxygen atoms in total. The van der Waals surface area contributed by atoms with E-state index >= 15 is 0 Å². The molecule has 2 fully saturated rings. The predicted molar refractivity (Wildman–Crippen MR) is 162 cm³/mol. The summed E-state index contributed by atoms with van der Waals surface area (Å²) in [5.41, 5.74) is 0. The van der Waals surface area contributed by atoms with E-state index in [1.54, 1.807) is 6.08 Å². The summed E-state index contributed by atoms with van der Waals surface area (Å²) in [7, 11) is -2.77. The first kappa shape index (κ1) is 30.7. The number of carbonyl (C=O) groups excluding carboxylic acids is 1. The maximum atomic E-state index is 12.2. The van der Waals surface area contributed by atoms with Crippen molar-refractivity contribution < 1.29 is 23.8 Å². The molecule has 1 N–H and O–H groups in total. The van der Waals surface area contributed by atoms with Gasteiger partial charge in [0.2, 0.25) is 5.91 Å². The molecule has 40 heavy (non-hydrogen) atoms. The fourth-order valence-electron chi connectivity index (χ4n) is 5.97. The van der Waals surface area contributed by atoms with Gasteiger partial charge in [-0.15, -0.1) is 0 Å². The minimum absolute atomic E-state index is 0.0952. The van der Waals surface area contributed by atoms with E-state index in [0.717, 1.165) is 38.8 Å². The van der Waals surface area contributed by atoms with E-state index in [9.17, 15) is 9.90 Å². The second-order valence-electron chi connectivity index (χ2n) is 12.3. The molecule has 0 radical (unpaired) electrons. The van der Waals surface area contributed by atoms with Gasteiger partial charge in [0.25, 0.3) is 8.32 Å². The Morgan fingerprint density at radius 1 is 1.07 bits per heavy atom. The lowest BCUT2D eigenvalue weighted by Gasteiger charge is -2.48. The van der Waals surface area contributed by atoms with Crippen LogP contribution in [0.5, 0.6) is 0 Å². The first-order valence-electron chi connectivity index (χ1n) is 14.8. The molecule has 1 amide bonds. The summed E-state index contributed by atoms with van der Waals surface area (Å²) < 4.78 is 19.7. The van der Waals surface area contributed by atoms with E-state index in [-0.39, 0.29) is 29.3 Å². The molecule has 0 aromatic heterocycles. The summed E-state index contributed by atoms with van der Waals surface area (Å²) in [5, 5.41) is 13.4. The third-order valence-corrected chi connectivity index (χ3v) is 13.3. The van der Waals surface area contributed by atoms with Crippen LogP contribution in [0.2, 0.25) is 5.04 Å². The Kier molecular flexibility index (Phi) is 10.4. The van der Waals surface area contributed by atoms with Crippen molar-refractivity contribution in [2.45, 2.75) is 102 Å². The lowest BCUT2D eigenvalue weighted by Crippen LogP contribution is -2.69. The standard InChI is InChI=1S/C33H47NO5Si/c1-25(16-12-13-21-31(36)34-22-14-15-23-34)37-32-29(35)24-30(26(2)38-32)39-40(33(3,4)5,27-17-8-6-9-18-27)28-19-10-7-11-20-28/h6-11,13,17-21,25-26,29-30,32,35H,12,14-16,22-24H2,1-5H3/b21-13+/t25-,26+,29-,30-,32-/m1/s1. The summed E-state index contributed by atoms with van der Waals surface area (Å²) in [6.45, 7) is 12.5. The van der Waals surface area contributed by atoms with E-state index in [4.69, 9.17) is 13.9 Å². The molecule has 0 aliphatic carbocycles. The number of amides is 1. The van der Waals surface area contributed by atoms with Crippen LogP contribution in [0.3, 0.4) is 0 Å². The molecule has 2 aromatic rings. The minimum Gasteiger partial charge on any atom is -0.402 e. The molecule has 0 bridgehead atoms. The Morgan fingerprint density at radius 2 is 1.65 bits per heavy atom. The molecule has 4 rings (SSSR count). The molecule has 218 valence electrons. The second-order valence-corrected chi connectivity index (χ2v) is 16.5. The predicted octanol–water partition coefficient (Wildman–Crippen LogP) is 4.79. The van der Waals surface area contributed by atoms with Gasteiger partial charge in [0.1, 0.15) is 6.10 Å². The van der Waals surface area contributed by atoms with Crippen molar-refractivity contribution in [1.82, 2.24) is 4.90 Å². The number of aliphatic hydroxyl groups excluding tert-OH is 1. The number of rotatable bonds is 10. The van der Waals surface area contributed by atoms with Gasteiger partial charge in [-0.25, -0.2) is 0 Å². The van der Waals surface area contributed by atoms with Crippen LogP contribution in [0.1, 0.15) is 66.7 Å². The number of nitrogens with zero attached hydrogens (tertiary/aromatic N) is 1. The fourth-order valence-corrected chi connectivity index (χ4v) is 10.7. The van der Waals surface area contributed by atoms with Gasteiger partial charge < -0.3 is 23.9 Å². The quantitative estimate of drug-likeness (QED) is 0.331. The number of ether oxygens (including phenoxy) is 2. The minimum atomic E-state index is -2.77. The molecule has 0 saturated carbocycles. The van der Waals surface area contributed by atoms with Gasteiger partial charge in [0.05, 0.1) is 18.3 Å². The number of carbonyl (C=O) groups is 1. The highest BCUT2D eigenvalue weighted by atomic mass is 28.4. The molecule has 0 spiro atoms. The van der Waals surface area contributed by atoms with Crippen molar-refractivity contribution in [3.8, 4) is 0 Å². The maximum Gasteiger partial charge on any atom is 0.261 e. The Bertz CT molecular complexity index is 1060. The van der Waals surface area contributed by atoms with Gasteiger partial charge in [-0.3, -0.25) is 4.79 Å². The molecule has 7 heteroatoms. The second kappa shape index (κ2) is 13.6. The average Bonchev–Trinajstić information content (AvgIpc) is 3.48. The summed E-state index contributed by atoms with van der Waals surface area (Å²) >= 11 is 0. The van der Waals surface area contributed by atoms with Crippen molar-refractivity contribution in [3.05, 3.63) is 72.8 Å². The highest BCUT2D eigenvalue weighted by Crippen LogP contribution is 2.39. The van der Waals surface area contributed by atoms with Crippen molar-refractivity contribution in [1.29, 1.82) is 0 Å². The average molecular weight is 566 g/mol. The van der Waals surface area contributed by atoms with Gasteiger partial charge in [-0.1, -0.05) is 87.5 Å². The molecular weight excluding hydrogens is 518 g/mol. The van der Waals surface area contributed by atoms with E-state index in [1.807, 2.05) is 37.0 Å². The van der Waals surface area contributed by atoms with Crippen LogP contribution >= 0.6 is 0 Å². The summed E-state index contributed by atoms with van der Waals surface area (Å²) in [5.74, 6) is 0.0952. The number of likely N-dealkylation sites (tertiary alicyclic amines) is 1. The first-order chi connectivity index (χ1) is 19.1. The fraction of sp³-hybridized carbons (Fsp3) is 0.545. The molecule has 5 atom stereocenters. The highest BCUT2D eigenvalue weighted by Gasteiger charge is 2.53. The Hall–Kier alpha value is -2.29. The zero-order chi connectivity index (χ0) is 28.8. The summed E-state index contributed by atoms with van der Waals surface area (Å²) in [4.78, 5) is 14.1. The van der Waals surface area contributed by atoms with Crippen molar-refractivity contribution in [2.75, 3.05) is 13.1 Å². The van der Waals surface area contributed by atoms with Gasteiger partial charge in [0.15, 0.2) is 6.29 Å². The van der Waals surface area contributed by atoms with E-state index in [2.05, 4.69) is 69.3 Å². The monoisotopic (exact) mass is 565 g/mol. The van der Waals surface area contributed by atoms with E-state index in [0.29, 0.717) is 6.42 Å². The number of benzene rings is 2. The maximum absolute atomic E-state index is 12.2. The van der Waals surface area contributed by atoms with E-state index < -0.39 is 20.7 Å². The summed E-state index contributed by atoms with van der Waals surface area (Å²) in [6.07, 6.45) is 5.55. The van der Waals surface area contributed by atoms with Gasteiger partial charge in [-0.05, 0) is 61.0 Å². The topological polar surface area (TPSA) is 68.2 Å². The van der Waals surface area contributed by atoms with E-state index in [1.165, 1.54) is 10.4 Å². The number of hydrogen-bond donors (Lipinski definition) is 1. The molecule has 2 saturated heterocycles. The molecule has 2 aliphatic heterocycles. The molecule has 2 heterocycles. The lowest BCUT2D eigenvalue weighted by atomic mass is 10.0. The third-order valence-electron chi connectivity index (χ3n) is 8.19. The highest BCUT2D eigenvalue weighted by molar-refractivity contribution is 6.99. The smallest absolute Gasteiger partial charge is 0.261 e. The van der Waals surface area contributed by atoms with Crippen LogP contribution in [0, 0.1) is 0 Å². The van der Waals surface area contributed by atoms with Crippen LogP contribution in [0.15, 0.2) is 72.8 Å². The Labute approximate surface area is 241 Å². The number of aliphatic hydroxyl groups is 1. The van der Waals surface area contributed by atoms with Crippen molar-refractivity contribution in [3.63, 3.8) is 0 Å². The SMILES string of the molecule is C[C@H](CC/C=C/C(=O)N1CCCC1)O[C@@H]1O[C@@H](C)[C@H](O[Si](c2ccccc2)(c2ccccc2)C(C)(C)C)C[C@H]1O. The van der Waals surface area contributed by atoms with Crippen LogP contribution in [-0.4, -0.2) is 68.0 Å². The molecule has 2 aromatic carbocycles.